The summed E-state index contributed by atoms with van der Waals surface area (Å²) < 4.78 is 111. The van der Waals surface area contributed by atoms with Gasteiger partial charge in [0.15, 0.2) is 0 Å². The van der Waals surface area contributed by atoms with Crippen LogP contribution in [-0.4, -0.2) is 85.1 Å². The number of para-hydroxylation sites is 1. The summed E-state index contributed by atoms with van der Waals surface area (Å²) in [4.78, 5) is 1.95. The lowest BCUT2D eigenvalue weighted by molar-refractivity contribution is -0.338. The van der Waals surface area contributed by atoms with Gasteiger partial charge in [-0.15, -0.1) is 0 Å². The van der Waals surface area contributed by atoms with Gasteiger partial charge in [-0.3, -0.25) is 5.01 Å². The molecule has 16 heteroatoms. The molecule has 0 bridgehead atoms. The van der Waals surface area contributed by atoms with E-state index in [4.69, 9.17) is 11.6 Å². The maximum atomic E-state index is 13.7. The van der Waals surface area contributed by atoms with Crippen molar-refractivity contribution in [3.63, 3.8) is 0 Å². The first-order valence-corrected chi connectivity index (χ1v) is 15.0. The summed E-state index contributed by atoms with van der Waals surface area (Å²) in [6.07, 6.45) is -11.3. The van der Waals surface area contributed by atoms with E-state index in [1.165, 1.54) is 26.8 Å². The zero-order chi connectivity index (χ0) is 30.5. The molecular weight excluding hydrogens is 612 g/mol. The average Bonchev–Trinajstić information content (AvgIpc) is 3.64. The van der Waals surface area contributed by atoms with Crippen LogP contribution in [0.2, 0.25) is 5.02 Å². The average molecular weight is 640 g/mol. The maximum Gasteiger partial charge on any atom is 0.431 e. The fourth-order valence-electron chi connectivity index (χ4n) is 5.50. The molecule has 0 saturated carbocycles. The molecule has 0 aliphatic carbocycles. The number of aliphatic hydroxyl groups is 1. The summed E-state index contributed by atoms with van der Waals surface area (Å²) in [5.74, 6) is 0. The molecule has 230 valence electrons. The molecule has 0 amide bonds. The topological polar surface area (TPSA) is 79.7 Å². The number of alkyl halides is 6. The Morgan fingerprint density at radius 1 is 0.810 bits per heavy atom. The molecule has 2 fully saturated rings. The Kier molecular flexibility index (Phi) is 8.20. The van der Waals surface area contributed by atoms with E-state index in [9.17, 15) is 39.9 Å². The molecule has 3 heterocycles. The second kappa shape index (κ2) is 11.2. The number of rotatable bonds is 6. The molecule has 0 spiro atoms. The zero-order valence-corrected chi connectivity index (χ0v) is 23.7. The van der Waals surface area contributed by atoms with Crippen LogP contribution in [0.3, 0.4) is 0 Å². The Labute approximate surface area is 243 Å². The molecule has 8 nitrogen and oxygen atoms in total. The first-order valence-electron chi connectivity index (χ1n) is 13.2. The minimum absolute atomic E-state index is 0.0495. The van der Waals surface area contributed by atoms with E-state index in [1.807, 2.05) is 4.90 Å². The van der Waals surface area contributed by atoms with Gasteiger partial charge in [0.25, 0.3) is 15.8 Å². The number of hydrazone groups is 1. The van der Waals surface area contributed by atoms with E-state index in [1.54, 1.807) is 30.3 Å². The van der Waals surface area contributed by atoms with E-state index in [0.29, 0.717) is 37.4 Å². The first kappa shape index (κ1) is 30.9. The van der Waals surface area contributed by atoms with Gasteiger partial charge in [-0.25, -0.2) is 0 Å². The Balaban J connectivity index is 1.38. The molecular formula is C26H28ClF6N5O3S. The third kappa shape index (κ3) is 5.45. The van der Waals surface area contributed by atoms with Gasteiger partial charge in [0.05, 0.1) is 22.5 Å². The van der Waals surface area contributed by atoms with Crippen LogP contribution in [-0.2, 0) is 10.2 Å². The minimum atomic E-state index is -6.07. The van der Waals surface area contributed by atoms with Gasteiger partial charge in [-0.1, -0.05) is 35.9 Å². The van der Waals surface area contributed by atoms with E-state index < -0.39 is 46.3 Å². The highest BCUT2D eigenvalue weighted by molar-refractivity contribution is 7.86. The second-order valence-corrected chi connectivity index (χ2v) is 12.7. The lowest BCUT2D eigenvalue weighted by Gasteiger charge is -2.37. The highest BCUT2D eigenvalue weighted by Crippen LogP contribution is 2.49. The quantitative estimate of drug-likeness (QED) is 0.452. The third-order valence-electron chi connectivity index (χ3n) is 7.85. The maximum absolute atomic E-state index is 13.7. The van der Waals surface area contributed by atoms with Crippen molar-refractivity contribution in [3.8, 4) is 0 Å². The number of hydrogen-bond acceptors (Lipinski definition) is 6. The number of benzene rings is 2. The van der Waals surface area contributed by atoms with Crippen molar-refractivity contribution in [2.45, 2.75) is 43.3 Å². The van der Waals surface area contributed by atoms with Crippen LogP contribution < -0.4 is 9.91 Å². The van der Waals surface area contributed by atoms with Crippen molar-refractivity contribution in [2.24, 2.45) is 5.10 Å². The van der Waals surface area contributed by atoms with Gasteiger partial charge in [0.1, 0.15) is 0 Å². The SMILES string of the molecule is O=S(=O)(N1CCCC1)N1CCN(c2ccc(C3CC(C(O)(C(F)(F)F)C(F)(F)F)=NN3c3ccccc3Cl)cc2)CC1. The normalized spacial score (nSPS) is 21.7. The van der Waals surface area contributed by atoms with Gasteiger partial charge in [0.2, 0.25) is 0 Å². The molecule has 3 aliphatic rings. The molecule has 2 saturated heterocycles. The first-order chi connectivity index (χ1) is 19.6. The molecule has 2 aromatic carbocycles. The Morgan fingerprint density at radius 3 is 1.90 bits per heavy atom. The zero-order valence-electron chi connectivity index (χ0n) is 22.1. The molecule has 1 unspecified atom stereocenters. The molecule has 42 heavy (non-hydrogen) atoms. The van der Waals surface area contributed by atoms with Crippen LogP contribution in [0.4, 0.5) is 37.7 Å². The van der Waals surface area contributed by atoms with E-state index in [-0.39, 0.29) is 23.8 Å². The van der Waals surface area contributed by atoms with Crippen molar-refractivity contribution in [1.29, 1.82) is 0 Å². The molecule has 3 aliphatic heterocycles. The molecule has 0 aromatic heterocycles. The van der Waals surface area contributed by atoms with Crippen molar-refractivity contribution < 1.29 is 39.9 Å². The summed E-state index contributed by atoms with van der Waals surface area (Å²) >= 11 is 6.24. The van der Waals surface area contributed by atoms with Crippen molar-refractivity contribution >= 4 is 38.9 Å². The highest BCUT2D eigenvalue weighted by atomic mass is 35.5. The smallest absolute Gasteiger partial charge is 0.369 e. The number of anilines is 2. The molecule has 1 N–H and O–H groups in total. The molecule has 0 radical (unpaired) electrons. The number of piperazine rings is 1. The second-order valence-electron chi connectivity index (χ2n) is 10.4. The summed E-state index contributed by atoms with van der Waals surface area (Å²) in [6, 6.07) is 11.2. The Bertz CT molecular complexity index is 1410. The summed E-state index contributed by atoms with van der Waals surface area (Å²) in [5.41, 5.74) is -5.51. The number of hydrogen-bond donors (Lipinski definition) is 1. The fraction of sp³-hybridized carbons (Fsp3) is 0.500. The highest BCUT2D eigenvalue weighted by Gasteiger charge is 2.74. The predicted molar refractivity (Wildman–Crippen MR) is 146 cm³/mol. The monoisotopic (exact) mass is 639 g/mol. The van der Waals surface area contributed by atoms with E-state index in [0.717, 1.165) is 17.9 Å². The lowest BCUT2D eigenvalue weighted by Crippen LogP contribution is -2.62. The van der Waals surface area contributed by atoms with Crippen molar-refractivity contribution in [2.75, 3.05) is 49.2 Å². The van der Waals surface area contributed by atoms with Gasteiger partial charge < -0.3 is 10.0 Å². The van der Waals surface area contributed by atoms with Gasteiger partial charge in [-0.05, 0) is 42.7 Å². The Hall–Kier alpha value is -2.59. The predicted octanol–water partition coefficient (Wildman–Crippen LogP) is 4.97. The largest absolute Gasteiger partial charge is 0.431 e. The summed E-state index contributed by atoms with van der Waals surface area (Å²) in [6.45, 7) is 2.36. The van der Waals surface area contributed by atoms with Crippen LogP contribution in [0.1, 0.15) is 30.9 Å². The van der Waals surface area contributed by atoms with Crippen LogP contribution >= 0.6 is 11.6 Å². The standard InChI is InChI=1S/C26H28ClF6N5O3S/c27-20-5-1-2-6-21(20)38-22(17-23(34-38)24(39,25(28,29)30)26(31,32)33)18-7-9-19(10-8-18)35-13-15-37(16-14-35)42(40,41)36-11-3-4-12-36/h1-2,5-10,22,39H,3-4,11-17H2. The summed E-state index contributed by atoms with van der Waals surface area (Å²) in [7, 11) is -3.53. The minimum Gasteiger partial charge on any atom is -0.369 e. The number of halogens is 7. The molecule has 2 aromatic rings. The van der Waals surface area contributed by atoms with Crippen LogP contribution in [0.5, 0.6) is 0 Å². The van der Waals surface area contributed by atoms with Crippen LogP contribution in [0, 0.1) is 0 Å². The van der Waals surface area contributed by atoms with E-state index in [2.05, 4.69) is 5.10 Å². The van der Waals surface area contributed by atoms with Gasteiger partial charge in [-0.2, -0.15) is 48.5 Å². The third-order valence-corrected chi connectivity index (χ3v) is 10.2. The molecule has 5 rings (SSSR count). The van der Waals surface area contributed by atoms with Crippen molar-refractivity contribution in [1.82, 2.24) is 8.61 Å². The van der Waals surface area contributed by atoms with Gasteiger partial charge >= 0.3 is 12.4 Å². The van der Waals surface area contributed by atoms with Crippen LogP contribution in [0.15, 0.2) is 53.6 Å². The summed E-state index contributed by atoms with van der Waals surface area (Å²) in [5, 5.41) is 14.7. The van der Waals surface area contributed by atoms with Crippen LogP contribution in [0.25, 0.3) is 0 Å². The Morgan fingerprint density at radius 2 is 1.36 bits per heavy atom. The van der Waals surface area contributed by atoms with Crippen molar-refractivity contribution in [3.05, 3.63) is 59.1 Å². The fourth-order valence-corrected chi connectivity index (χ4v) is 7.40. The lowest BCUT2D eigenvalue weighted by atomic mass is 9.90. The number of nitrogens with zero attached hydrogens (tertiary/aromatic N) is 5. The van der Waals surface area contributed by atoms with Gasteiger partial charge in [0, 0.05) is 51.4 Å². The van der Waals surface area contributed by atoms with E-state index >= 15 is 0 Å². The molecule has 1 atom stereocenters.